The van der Waals surface area contributed by atoms with E-state index < -0.39 is 10.0 Å². The topological polar surface area (TPSA) is 55.4 Å². The fourth-order valence-electron chi connectivity index (χ4n) is 1.87. The van der Waals surface area contributed by atoms with Gasteiger partial charge in [-0.05, 0) is 12.5 Å². The number of para-hydroxylation sites is 1. The molecule has 1 N–H and O–H groups in total. The fraction of sp³-hybridized carbons (Fsp3) is 0.500. The predicted molar refractivity (Wildman–Crippen MR) is 66.5 cm³/mol. The van der Waals surface area contributed by atoms with E-state index in [4.69, 9.17) is 4.74 Å². The maximum Gasteiger partial charge on any atom is 0.212 e. The Labute approximate surface area is 102 Å². The Kier molecular flexibility index (Phi) is 3.69. The minimum Gasteiger partial charge on any atom is -0.491 e. The minimum atomic E-state index is -3.20. The molecule has 0 fully saturated rings. The summed E-state index contributed by atoms with van der Waals surface area (Å²) >= 11 is 0. The summed E-state index contributed by atoms with van der Waals surface area (Å²) in [6, 6.07) is 7.28. The van der Waals surface area contributed by atoms with Crippen molar-refractivity contribution in [2.45, 2.75) is 25.8 Å². The van der Waals surface area contributed by atoms with Crippen molar-refractivity contribution < 1.29 is 13.2 Å². The van der Waals surface area contributed by atoms with Gasteiger partial charge >= 0.3 is 0 Å². The maximum absolute atomic E-state index is 11.8. The Balaban J connectivity index is 2.07. The van der Waals surface area contributed by atoms with Gasteiger partial charge in [-0.2, -0.15) is 0 Å². The summed E-state index contributed by atoms with van der Waals surface area (Å²) in [4.78, 5) is 0. The van der Waals surface area contributed by atoms with Crippen molar-refractivity contribution in [1.82, 2.24) is 4.72 Å². The quantitative estimate of drug-likeness (QED) is 0.873. The summed E-state index contributed by atoms with van der Waals surface area (Å²) < 4.78 is 31.7. The number of hydrogen-bond donors (Lipinski definition) is 1. The van der Waals surface area contributed by atoms with Gasteiger partial charge in [-0.3, -0.25) is 0 Å². The molecule has 2 rings (SSSR count). The third kappa shape index (κ3) is 2.98. The van der Waals surface area contributed by atoms with Crippen molar-refractivity contribution in [2.24, 2.45) is 0 Å². The predicted octanol–water partition coefficient (Wildman–Crippen LogP) is 1.84. The molecule has 94 valence electrons. The van der Waals surface area contributed by atoms with Crippen LogP contribution in [0.4, 0.5) is 0 Å². The number of ether oxygens (including phenoxy) is 1. The van der Waals surface area contributed by atoms with Gasteiger partial charge in [-0.25, -0.2) is 13.1 Å². The third-order valence-electron chi connectivity index (χ3n) is 2.79. The first-order chi connectivity index (χ1) is 8.12. The van der Waals surface area contributed by atoms with Crippen LogP contribution in [0.5, 0.6) is 5.75 Å². The first kappa shape index (κ1) is 12.4. The molecule has 1 atom stereocenters. The first-order valence-corrected chi connectivity index (χ1v) is 7.49. The number of benzene rings is 1. The molecule has 0 aliphatic carbocycles. The van der Waals surface area contributed by atoms with E-state index in [0.717, 1.165) is 17.7 Å². The highest BCUT2D eigenvalue weighted by Crippen LogP contribution is 2.32. The monoisotopic (exact) mass is 255 g/mol. The van der Waals surface area contributed by atoms with Gasteiger partial charge in [0.05, 0.1) is 11.8 Å². The summed E-state index contributed by atoms with van der Waals surface area (Å²) in [6.07, 6.45) is 1.56. The van der Waals surface area contributed by atoms with E-state index in [0.29, 0.717) is 13.0 Å². The lowest BCUT2D eigenvalue weighted by Gasteiger charge is -2.11. The van der Waals surface area contributed by atoms with Gasteiger partial charge in [0.25, 0.3) is 0 Å². The Morgan fingerprint density at radius 3 is 2.94 bits per heavy atom. The Morgan fingerprint density at radius 2 is 2.18 bits per heavy atom. The highest BCUT2D eigenvalue weighted by atomic mass is 32.2. The van der Waals surface area contributed by atoms with Crippen LogP contribution in [0, 0.1) is 0 Å². The molecule has 0 bridgehead atoms. The molecule has 0 saturated heterocycles. The van der Waals surface area contributed by atoms with Gasteiger partial charge in [0.15, 0.2) is 0 Å². The normalized spacial score (nSPS) is 18.8. The molecule has 1 aromatic rings. The van der Waals surface area contributed by atoms with E-state index in [1.165, 1.54) is 0 Å². The van der Waals surface area contributed by atoms with Crippen LogP contribution in [-0.4, -0.2) is 20.8 Å². The smallest absolute Gasteiger partial charge is 0.212 e. The first-order valence-electron chi connectivity index (χ1n) is 5.84. The molecular formula is C12H17NO3S. The van der Waals surface area contributed by atoms with Gasteiger partial charge in [0, 0.05) is 5.56 Å². The van der Waals surface area contributed by atoms with Crippen LogP contribution in [0.3, 0.4) is 0 Å². The number of unbranched alkanes of at least 4 members (excludes halogenated alkanes) is 1. The van der Waals surface area contributed by atoms with Crippen LogP contribution < -0.4 is 9.46 Å². The Morgan fingerprint density at radius 1 is 1.41 bits per heavy atom. The summed E-state index contributed by atoms with van der Waals surface area (Å²) in [5, 5.41) is 0. The molecule has 0 radical (unpaired) electrons. The van der Waals surface area contributed by atoms with E-state index in [-0.39, 0.29) is 11.8 Å². The zero-order chi connectivity index (χ0) is 12.3. The molecule has 1 aliphatic heterocycles. The molecule has 17 heavy (non-hydrogen) atoms. The molecule has 0 saturated carbocycles. The zero-order valence-electron chi connectivity index (χ0n) is 9.85. The van der Waals surface area contributed by atoms with Crippen molar-refractivity contribution in [2.75, 3.05) is 12.4 Å². The van der Waals surface area contributed by atoms with E-state index in [2.05, 4.69) is 4.72 Å². The van der Waals surface area contributed by atoms with Crippen molar-refractivity contribution >= 4 is 10.0 Å². The van der Waals surface area contributed by atoms with Crippen molar-refractivity contribution in [3.63, 3.8) is 0 Å². The minimum absolute atomic E-state index is 0.183. The molecule has 0 amide bonds. The second kappa shape index (κ2) is 5.06. The second-order valence-corrected chi connectivity index (χ2v) is 6.07. The van der Waals surface area contributed by atoms with Crippen LogP contribution in [0.25, 0.3) is 0 Å². The molecular weight excluding hydrogens is 238 g/mol. The summed E-state index contributed by atoms with van der Waals surface area (Å²) in [5.41, 5.74) is 0.924. The van der Waals surface area contributed by atoms with Gasteiger partial charge in [0.2, 0.25) is 10.0 Å². The highest BCUT2D eigenvalue weighted by molar-refractivity contribution is 7.89. The average molecular weight is 255 g/mol. The highest BCUT2D eigenvalue weighted by Gasteiger charge is 2.27. The number of rotatable bonds is 5. The van der Waals surface area contributed by atoms with Gasteiger partial charge in [-0.15, -0.1) is 0 Å². The Hall–Kier alpha value is -1.07. The number of fused-ring (bicyclic) bond motifs is 1. The van der Waals surface area contributed by atoms with Crippen molar-refractivity contribution in [3.8, 4) is 5.75 Å². The van der Waals surface area contributed by atoms with Gasteiger partial charge in [0.1, 0.15) is 12.4 Å². The lowest BCUT2D eigenvalue weighted by molar-refractivity contribution is 0.325. The lowest BCUT2D eigenvalue weighted by Crippen LogP contribution is -2.31. The van der Waals surface area contributed by atoms with Crippen LogP contribution in [0.15, 0.2) is 24.3 Å². The molecule has 1 unspecified atom stereocenters. The Bertz CT molecular complexity index is 484. The van der Waals surface area contributed by atoms with Crippen LogP contribution >= 0.6 is 0 Å². The third-order valence-corrected chi connectivity index (χ3v) is 4.26. The molecule has 5 heteroatoms. The maximum atomic E-state index is 11.8. The number of hydrogen-bond acceptors (Lipinski definition) is 3. The van der Waals surface area contributed by atoms with Gasteiger partial charge < -0.3 is 4.74 Å². The molecule has 4 nitrogen and oxygen atoms in total. The SMILES string of the molecule is CCCCS(=O)(=O)NC1COc2ccccc21. The zero-order valence-corrected chi connectivity index (χ0v) is 10.7. The molecule has 1 heterocycles. The van der Waals surface area contributed by atoms with E-state index in [9.17, 15) is 8.42 Å². The summed E-state index contributed by atoms with van der Waals surface area (Å²) in [7, 11) is -3.20. The number of sulfonamides is 1. The van der Waals surface area contributed by atoms with Crippen LogP contribution in [0.2, 0.25) is 0 Å². The van der Waals surface area contributed by atoms with Crippen molar-refractivity contribution in [1.29, 1.82) is 0 Å². The van der Waals surface area contributed by atoms with E-state index >= 15 is 0 Å². The van der Waals surface area contributed by atoms with E-state index in [1.807, 2.05) is 31.2 Å². The molecule has 0 spiro atoms. The lowest BCUT2D eigenvalue weighted by atomic mass is 10.1. The summed E-state index contributed by atoms with van der Waals surface area (Å²) in [6.45, 7) is 2.36. The molecule has 0 aromatic heterocycles. The van der Waals surface area contributed by atoms with Crippen LogP contribution in [-0.2, 0) is 10.0 Å². The second-order valence-electron chi connectivity index (χ2n) is 4.19. The number of nitrogens with one attached hydrogen (secondary N) is 1. The molecule has 1 aliphatic rings. The largest absolute Gasteiger partial charge is 0.491 e. The molecule has 1 aromatic carbocycles. The summed E-state index contributed by atoms with van der Waals surface area (Å²) in [5.74, 6) is 0.956. The van der Waals surface area contributed by atoms with Gasteiger partial charge in [-0.1, -0.05) is 31.5 Å². The average Bonchev–Trinajstić information content (AvgIpc) is 2.70. The van der Waals surface area contributed by atoms with E-state index in [1.54, 1.807) is 0 Å². The standard InChI is InChI=1S/C12H17NO3S/c1-2-3-8-17(14,15)13-11-9-16-12-7-5-4-6-10(11)12/h4-7,11,13H,2-3,8-9H2,1H3. The van der Waals surface area contributed by atoms with Crippen molar-refractivity contribution in [3.05, 3.63) is 29.8 Å². The van der Waals surface area contributed by atoms with Crippen LogP contribution in [0.1, 0.15) is 31.4 Å². The fourth-order valence-corrected chi connectivity index (χ4v) is 3.29.